The van der Waals surface area contributed by atoms with Crippen molar-refractivity contribution in [2.24, 2.45) is 0 Å². The Morgan fingerprint density at radius 2 is 1.88 bits per heavy atom. The van der Waals surface area contributed by atoms with E-state index in [-0.39, 0.29) is 35.5 Å². The maximum Gasteiger partial charge on any atom is 0.338 e. The molecule has 2 aromatic rings. The van der Waals surface area contributed by atoms with Gasteiger partial charge in [0.25, 0.3) is 5.91 Å². The number of benzene rings is 2. The zero-order valence-electron chi connectivity index (χ0n) is 17.5. The van der Waals surface area contributed by atoms with Crippen LogP contribution in [0.4, 0.5) is 5.69 Å². The lowest BCUT2D eigenvalue weighted by Crippen LogP contribution is -2.40. The van der Waals surface area contributed by atoms with Crippen LogP contribution in [0.15, 0.2) is 51.8 Å². The number of nitrogens with zero attached hydrogens (tertiary/aromatic N) is 2. The molecule has 1 fully saturated rings. The van der Waals surface area contributed by atoms with E-state index in [4.69, 9.17) is 9.47 Å². The minimum Gasteiger partial charge on any atom is -0.452 e. The van der Waals surface area contributed by atoms with Gasteiger partial charge in [0.15, 0.2) is 6.61 Å². The number of para-hydroxylation sites is 1. The average Bonchev–Trinajstić information content (AvgIpc) is 3.13. The molecule has 1 atom stereocenters. The van der Waals surface area contributed by atoms with Crippen molar-refractivity contribution < 1.29 is 27.5 Å². The molecule has 0 radical (unpaired) electrons. The van der Waals surface area contributed by atoms with Crippen molar-refractivity contribution >= 4 is 43.5 Å². The number of halogens is 1. The summed E-state index contributed by atoms with van der Waals surface area (Å²) in [5, 5.41) is 0. The molecule has 0 bridgehead atoms. The first-order valence-corrected chi connectivity index (χ1v) is 12.5. The van der Waals surface area contributed by atoms with Crippen LogP contribution in [-0.2, 0) is 30.7 Å². The molecule has 0 aliphatic carbocycles. The number of carbonyl (C=O) groups excluding carboxylic acids is 2. The maximum absolute atomic E-state index is 13.0. The van der Waals surface area contributed by atoms with Crippen LogP contribution in [0.2, 0.25) is 0 Å². The SMILES string of the molecule is CC1Cc2ccccc2N1C(=O)COC(=O)c1ccc(Br)c(S(=O)(=O)N2CCOCC2)c1. The zero-order chi connectivity index (χ0) is 22.9. The van der Waals surface area contributed by atoms with Gasteiger partial charge < -0.3 is 14.4 Å². The topological polar surface area (TPSA) is 93.2 Å². The van der Waals surface area contributed by atoms with E-state index in [1.165, 1.54) is 22.5 Å². The summed E-state index contributed by atoms with van der Waals surface area (Å²) in [6, 6.07) is 11.8. The molecule has 0 aromatic heterocycles. The number of hydrogen-bond donors (Lipinski definition) is 0. The van der Waals surface area contributed by atoms with Crippen LogP contribution in [0.3, 0.4) is 0 Å². The Bertz CT molecular complexity index is 1150. The summed E-state index contributed by atoms with van der Waals surface area (Å²) < 4.78 is 38.1. The number of rotatable bonds is 5. The largest absolute Gasteiger partial charge is 0.452 e. The average molecular weight is 523 g/mol. The fraction of sp³-hybridized carbons (Fsp3) is 0.364. The van der Waals surface area contributed by atoms with Gasteiger partial charge in [0, 0.05) is 29.3 Å². The number of amides is 1. The maximum atomic E-state index is 13.0. The second-order valence-corrected chi connectivity index (χ2v) is 10.4. The highest BCUT2D eigenvalue weighted by Crippen LogP contribution is 2.32. The fourth-order valence-electron chi connectivity index (χ4n) is 3.98. The standard InChI is InChI=1S/C22H23BrN2O6S/c1-15-12-16-4-2-3-5-19(16)25(15)21(26)14-31-22(27)17-6-7-18(23)20(13-17)32(28,29)24-8-10-30-11-9-24/h2-7,13,15H,8-12,14H2,1H3. The Hall–Kier alpha value is -2.27. The van der Waals surface area contributed by atoms with E-state index in [1.54, 1.807) is 4.90 Å². The second kappa shape index (κ2) is 9.30. The minimum absolute atomic E-state index is 0.0257. The molecule has 2 aliphatic rings. The molecule has 2 heterocycles. The molecular formula is C22H23BrN2O6S. The highest BCUT2D eigenvalue weighted by atomic mass is 79.9. The van der Waals surface area contributed by atoms with E-state index in [1.807, 2.05) is 31.2 Å². The molecule has 2 aliphatic heterocycles. The Kier molecular flexibility index (Phi) is 6.66. The van der Waals surface area contributed by atoms with Gasteiger partial charge in [0.1, 0.15) is 0 Å². The zero-order valence-corrected chi connectivity index (χ0v) is 19.9. The van der Waals surface area contributed by atoms with Crippen LogP contribution in [-0.4, -0.2) is 63.6 Å². The molecule has 8 nitrogen and oxygen atoms in total. The first-order chi connectivity index (χ1) is 15.3. The Balaban J connectivity index is 1.47. The van der Waals surface area contributed by atoms with Gasteiger partial charge in [0.2, 0.25) is 10.0 Å². The molecule has 1 amide bonds. The molecule has 0 saturated carbocycles. The van der Waals surface area contributed by atoms with E-state index in [0.717, 1.165) is 17.7 Å². The van der Waals surface area contributed by atoms with Gasteiger partial charge >= 0.3 is 5.97 Å². The number of sulfonamides is 1. The van der Waals surface area contributed by atoms with Crippen molar-refractivity contribution in [3.8, 4) is 0 Å². The van der Waals surface area contributed by atoms with Crippen molar-refractivity contribution in [2.45, 2.75) is 24.3 Å². The third kappa shape index (κ3) is 4.45. The lowest BCUT2D eigenvalue weighted by molar-refractivity contribution is -0.122. The van der Waals surface area contributed by atoms with Crippen LogP contribution < -0.4 is 4.90 Å². The van der Waals surface area contributed by atoms with E-state index in [0.29, 0.717) is 17.7 Å². The predicted octanol–water partition coefficient (Wildman–Crippen LogP) is 2.60. The van der Waals surface area contributed by atoms with Crippen molar-refractivity contribution in [1.82, 2.24) is 4.31 Å². The van der Waals surface area contributed by atoms with Crippen LogP contribution in [0, 0.1) is 0 Å². The number of fused-ring (bicyclic) bond motifs is 1. The van der Waals surface area contributed by atoms with Gasteiger partial charge in [-0.05, 0) is 59.1 Å². The molecule has 1 saturated heterocycles. The van der Waals surface area contributed by atoms with Crippen molar-refractivity contribution in [3.05, 3.63) is 58.1 Å². The number of morpholine rings is 1. The third-order valence-corrected chi connectivity index (χ3v) is 8.45. The lowest BCUT2D eigenvalue weighted by atomic mass is 10.1. The van der Waals surface area contributed by atoms with Gasteiger partial charge in [-0.15, -0.1) is 0 Å². The molecule has 170 valence electrons. The Morgan fingerprint density at radius 1 is 1.16 bits per heavy atom. The molecule has 10 heteroatoms. The monoisotopic (exact) mass is 522 g/mol. The minimum atomic E-state index is -3.81. The molecule has 0 N–H and O–H groups in total. The normalized spacial score (nSPS) is 18.9. The van der Waals surface area contributed by atoms with E-state index >= 15 is 0 Å². The predicted molar refractivity (Wildman–Crippen MR) is 121 cm³/mol. The van der Waals surface area contributed by atoms with E-state index < -0.39 is 22.6 Å². The molecule has 4 rings (SSSR count). The summed E-state index contributed by atoms with van der Waals surface area (Å²) in [4.78, 5) is 27.0. The number of anilines is 1. The van der Waals surface area contributed by atoms with Crippen LogP contribution in [0.5, 0.6) is 0 Å². The van der Waals surface area contributed by atoms with Gasteiger partial charge in [0.05, 0.1) is 23.7 Å². The molecule has 2 aromatic carbocycles. The van der Waals surface area contributed by atoms with Crippen LogP contribution in [0.25, 0.3) is 0 Å². The highest BCUT2D eigenvalue weighted by Gasteiger charge is 2.32. The summed E-state index contributed by atoms with van der Waals surface area (Å²) in [6.07, 6.45) is 0.741. The number of hydrogen-bond acceptors (Lipinski definition) is 6. The van der Waals surface area contributed by atoms with Crippen LogP contribution in [0.1, 0.15) is 22.8 Å². The smallest absolute Gasteiger partial charge is 0.338 e. The lowest BCUT2D eigenvalue weighted by Gasteiger charge is -2.26. The third-order valence-electron chi connectivity index (χ3n) is 5.56. The van der Waals surface area contributed by atoms with Crippen molar-refractivity contribution in [2.75, 3.05) is 37.8 Å². The molecule has 32 heavy (non-hydrogen) atoms. The fourth-order valence-corrected chi connectivity index (χ4v) is 6.34. The number of ether oxygens (including phenoxy) is 2. The van der Waals surface area contributed by atoms with E-state index in [2.05, 4.69) is 15.9 Å². The van der Waals surface area contributed by atoms with Gasteiger partial charge in [-0.2, -0.15) is 4.31 Å². The van der Waals surface area contributed by atoms with Gasteiger partial charge in [-0.3, -0.25) is 4.79 Å². The first-order valence-electron chi connectivity index (χ1n) is 10.2. The van der Waals surface area contributed by atoms with Crippen molar-refractivity contribution in [3.63, 3.8) is 0 Å². The quantitative estimate of drug-likeness (QED) is 0.560. The summed E-state index contributed by atoms with van der Waals surface area (Å²) in [5.41, 5.74) is 1.96. The Labute approximate surface area is 195 Å². The number of carbonyl (C=O) groups is 2. The molecule has 0 spiro atoms. The molecular weight excluding hydrogens is 500 g/mol. The van der Waals surface area contributed by atoms with Crippen LogP contribution >= 0.6 is 15.9 Å². The molecule has 1 unspecified atom stereocenters. The summed E-state index contributed by atoms with van der Waals surface area (Å²) >= 11 is 3.26. The Morgan fingerprint density at radius 3 is 2.62 bits per heavy atom. The highest BCUT2D eigenvalue weighted by molar-refractivity contribution is 9.10. The van der Waals surface area contributed by atoms with Gasteiger partial charge in [-0.25, -0.2) is 13.2 Å². The van der Waals surface area contributed by atoms with Crippen molar-refractivity contribution in [1.29, 1.82) is 0 Å². The van der Waals surface area contributed by atoms with Gasteiger partial charge in [-0.1, -0.05) is 18.2 Å². The first kappa shape index (κ1) is 22.9. The van der Waals surface area contributed by atoms with E-state index in [9.17, 15) is 18.0 Å². The summed E-state index contributed by atoms with van der Waals surface area (Å²) in [5.74, 6) is -1.08. The number of esters is 1. The second-order valence-electron chi connectivity index (χ2n) is 7.68. The summed E-state index contributed by atoms with van der Waals surface area (Å²) in [7, 11) is -3.81. The summed E-state index contributed by atoms with van der Waals surface area (Å²) in [6.45, 7) is 2.63.